The first-order chi connectivity index (χ1) is 11.8. The Bertz CT molecular complexity index is 860. The standard InChI is InChI=1S/C18H21ClN2O3S/c1-4-21(5-2)25(23,24)16-11-6-13(3)17(12-16)20-18(22)14-7-9-15(19)10-8-14/h6-12H,4-5H2,1-3H3,(H,20,22). The number of amides is 1. The Morgan fingerprint density at radius 1 is 1.08 bits per heavy atom. The van der Waals surface area contributed by atoms with Crippen molar-refractivity contribution in [2.75, 3.05) is 18.4 Å². The second kappa shape index (κ2) is 7.99. The summed E-state index contributed by atoms with van der Waals surface area (Å²) in [6.45, 7) is 6.17. The van der Waals surface area contributed by atoms with Crippen LogP contribution in [0.4, 0.5) is 5.69 Å². The van der Waals surface area contributed by atoms with Gasteiger partial charge in [-0.1, -0.05) is 31.5 Å². The largest absolute Gasteiger partial charge is 0.322 e. The highest BCUT2D eigenvalue weighted by Gasteiger charge is 2.22. The summed E-state index contributed by atoms with van der Waals surface area (Å²) < 4.78 is 26.7. The Morgan fingerprint density at radius 2 is 1.68 bits per heavy atom. The zero-order valence-corrected chi connectivity index (χ0v) is 16.0. The molecule has 2 rings (SSSR count). The number of hydrogen-bond acceptors (Lipinski definition) is 3. The van der Waals surface area contributed by atoms with Gasteiger partial charge in [0.15, 0.2) is 0 Å². The molecule has 134 valence electrons. The number of sulfonamides is 1. The number of halogens is 1. The third kappa shape index (κ3) is 4.39. The van der Waals surface area contributed by atoms with Crippen LogP contribution in [0.1, 0.15) is 29.8 Å². The molecule has 0 spiro atoms. The van der Waals surface area contributed by atoms with E-state index in [1.165, 1.54) is 10.4 Å². The molecule has 0 aliphatic carbocycles. The topological polar surface area (TPSA) is 66.5 Å². The quantitative estimate of drug-likeness (QED) is 0.825. The van der Waals surface area contributed by atoms with E-state index in [9.17, 15) is 13.2 Å². The third-order valence-electron chi connectivity index (χ3n) is 3.91. The van der Waals surface area contributed by atoms with Gasteiger partial charge < -0.3 is 5.32 Å². The summed E-state index contributed by atoms with van der Waals surface area (Å²) in [6.07, 6.45) is 0. The van der Waals surface area contributed by atoms with Gasteiger partial charge in [0.05, 0.1) is 4.90 Å². The highest BCUT2D eigenvalue weighted by atomic mass is 35.5. The lowest BCUT2D eigenvalue weighted by molar-refractivity contribution is 0.102. The van der Waals surface area contributed by atoms with E-state index in [-0.39, 0.29) is 10.8 Å². The maximum absolute atomic E-state index is 12.6. The first-order valence-corrected chi connectivity index (χ1v) is 9.79. The lowest BCUT2D eigenvalue weighted by Crippen LogP contribution is -2.30. The third-order valence-corrected chi connectivity index (χ3v) is 6.20. The van der Waals surface area contributed by atoms with Gasteiger partial charge >= 0.3 is 0 Å². The van der Waals surface area contributed by atoms with Crippen molar-refractivity contribution in [1.29, 1.82) is 0 Å². The fourth-order valence-corrected chi connectivity index (χ4v) is 4.02. The van der Waals surface area contributed by atoms with Gasteiger partial charge in [-0.3, -0.25) is 4.79 Å². The predicted octanol–water partition coefficient (Wildman–Crippen LogP) is 3.93. The molecule has 5 nitrogen and oxygen atoms in total. The second-order valence-electron chi connectivity index (χ2n) is 5.53. The molecule has 0 aliphatic heterocycles. The Hall–Kier alpha value is -1.89. The van der Waals surface area contributed by atoms with Crippen molar-refractivity contribution >= 4 is 33.2 Å². The van der Waals surface area contributed by atoms with Crippen LogP contribution >= 0.6 is 11.6 Å². The van der Waals surface area contributed by atoms with Crippen LogP contribution in [0.15, 0.2) is 47.4 Å². The molecule has 0 aliphatic rings. The van der Waals surface area contributed by atoms with Crippen molar-refractivity contribution in [2.24, 2.45) is 0 Å². The minimum absolute atomic E-state index is 0.160. The number of aryl methyl sites for hydroxylation is 1. The minimum Gasteiger partial charge on any atom is -0.322 e. The van der Waals surface area contributed by atoms with Crippen molar-refractivity contribution in [3.05, 3.63) is 58.6 Å². The van der Waals surface area contributed by atoms with Crippen LogP contribution < -0.4 is 5.32 Å². The molecule has 0 fully saturated rings. The van der Waals surface area contributed by atoms with Crippen LogP contribution in [-0.2, 0) is 10.0 Å². The molecule has 0 atom stereocenters. The Labute approximate surface area is 153 Å². The van der Waals surface area contributed by atoms with Crippen molar-refractivity contribution in [2.45, 2.75) is 25.7 Å². The number of carbonyl (C=O) groups excluding carboxylic acids is 1. The normalized spacial score (nSPS) is 11.6. The summed E-state index contributed by atoms with van der Waals surface area (Å²) >= 11 is 5.83. The van der Waals surface area contributed by atoms with Gasteiger partial charge in [-0.05, 0) is 48.9 Å². The van der Waals surface area contributed by atoms with Gasteiger partial charge in [-0.25, -0.2) is 8.42 Å². The smallest absolute Gasteiger partial charge is 0.255 e. The van der Waals surface area contributed by atoms with Crippen LogP contribution in [0.3, 0.4) is 0 Å². The van der Waals surface area contributed by atoms with Crippen LogP contribution in [0, 0.1) is 6.92 Å². The first kappa shape index (κ1) is 19.4. The zero-order chi connectivity index (χ0) is 18.6. The molecule has 7 heteroatoms. The van der Waals surface area contributed by atoms with E-state index in [1.54, 1.807) is 50.2 Å². The summed E-state index contributed by atoms with van der Waals surface area (Å²) in [5, 5.41) is 3.31. The van der Waals surface area contributed by atoms with Gasteiger partial charge in [-0.15, -0.1) is 0 Å². The molecule has 0 aromatic heterocycles. The van der Waals surface area contributed by atoms with Gasteiger partial charge in [0.2, 0.25) is 10.0 Å². The monoisotopic (exact) mass is 380 g/mol. The summed E-state index contributed by atoms with van der Waals surface area (Å²) in [7, 11) is -3.58. The van der Waals surface area contributed by atoms with Crippen molar-refractivity contribution in [1.82, 2.24) is 4.31 Å². The number of anilines is 1. The number of benzene rings is 2. The molecule has 0 bridgehead atoms. The van der Waals surface area contributed by atoms with Crippen molar-refractivity contribution in [3.8, 4) is 0 Å². The maximum Gasteiger partial charge on any atom is 0.255 e. The zero-order valence-electron chi connectivity index (χ0n) is 14.4. The van der Waals surface area contributed by atoms with E-state index in [0.29, 0.717) is 29.4 Å². The number of rotatable bonds is 6. The summed E-state index contributed by atoms with van der Waals surface area (Å²) in [5.41, 5.74) is 1.69. The Balaban J connectivity index is 2.33. The van der Waals surface area contributed by atoms with Crippen LogP contribution in [0.5, 0.6) is 0 Å². The average molecular weight is 381 g/mol. The van der Waals surface area contributed by atoms with E-state index in [0.717, 1.165) is 5.56 Å². The molecular weight excluding hydrogens is 360 g/mol. The lowest BCUT2D eigenvalue weighted by atomic mass is 10.1. The summed E-state index contributed by atoms with van der Waals surface area (Å²) in [4.78, 5) is 12.5. The molecule has 1 amide bonds. The fourth-order valence-electron chi connectivity index (χ4n) is 2.40. The predicted molar refractivity (Wildman–Crippen MR) is 101 cm³/mol. The van der Waals surface area contributed by atoms with Gasteiger partial charge in [0, 0.05) is 29.4 Å². The number of carbonyl (C=O) groups is 1. The SMILES string of the molecule is CCN(CC)S(=O)(=O)c1ccc(C)c(NC(=O)c2ccc(Cl)cc2)c1. The summed E-state index contributed by atoms with van der Waals surface area (Å²) in [5.74, 6) is -0.322. The molecule has 0 saturated carbocycles. The first-order valence-electron chi connectivity index (χ1n) is 7.97. The van der Waals surface area contributed by atoms with E-state index in [4.69, 9.17) is 11.6 Å². The van der Waals surface area contributed by atoms with E-state index < -0.39 is 10.0 Å². The van der Waals surface area contributed by atoms with Crippen LogP contribution in [-0.4, -0.2) is 31.7 Å². The van der Waals surface area contributed by atoms with E-state index in [1.807, 2.05) is 6.92 Å². The molecule has 0 heterocycles. The van der Waals surface area contributed by atoms with E-state index in [2.05, 4.69) is 5.32 Å². The Morgan fingerprint density at radius 3 is 2.24 bits per heavy atom. The second-order valence-corrected chi connectivity index (χ2v) is 7.90. The molecule has 2 aromatic carbocycles. The molecule has 0 saturated heterocycles. The molecule has 2 aromatic rings. The van der Waals surface area contributed by atoms with Crippen molar-refractivity contribution < 1.29 is 13.2 Å². The number of nitrogens with one attached hydrogen (secondary N) is 1. The molecule has 0 radical (unpaired) electrons. The summed E-state index contributed by atoms with van der Waals surface area (Å²) in [6, 6.07) is 11.2. The highest BCUT2D eigenvalue weighted by molar-refractivity contribution is 7.89. The highest BCUT2D eigenvalue weighted by Crippen LogP contribution is 2.23. The fraction of sp³-hybridized carbons (Fsp3) is 0.278. The lowest BCUT2D eigenvalue weighted by Gasteiger charge is -2.19. The van der Waals surface area contributed by atoms with Crippen molar-refractivity contribution in [3.63, 3.8) is 0 Å². The molecular formula is C18H21ClN2O3S. The average Bonchev–Trinajstić information content (AvgIpc) is 2.58. The molecule has 0 unspecified atom stereocenters. The van der Waals surface area contributed by atoms with Crippen LogP contribution in [0.2, 0.25) is 5.02 Å². The van der Waals surface area contributed by atoms with E-state index >= 15 is 0 Å². The molecule has 1 N–H and O–H groups in total. The molecule has 25 heavy (non-hydrogen) atoms. The van der Waals surface area contributed by atoms with Gasteiger partial charge in [-0.2, -0.15) is 4.31 Å². The van der Waals surface area contributed by atoms with Gasteiger partial charge in [0.1, 0.15) is 0 Å². The van der Waals surface area contributed by atoms with Gasteiger partial charge in [0.25, 0.3) is 5.91 Å². The minimum atomic E-state index is -3.58. The maximum atomic E-state index is 12.6. The number of hydrogen-bond donors (Lipinski definition) is 1. The Kier molecular flexibility index (Phi) is 6.21. The van der Waals surface area contributed by atoms with Crippen LogP contribution in [0.25, 0.3) is 0 Å². The number of nitrogens with zero attached hydrogens (tertiary/aromatic N) is 1.